The summed E-state index contributed by atoms with van der Waals surface area (Å²) >= 11 is 1.41. The first kappa shape index (κ1) is 17.9. The molecule has 23 heavy (non-hydrogen) atoms. The predicted octanol–water partition coefficient (Wildman–Crippen LogP) is 3.74. The Labute approximate surface area is 141 Å². The average Bonchev–Trinajstić information content (AvgIpc) is 3.00. The van der Waals surface area contributed by atoms with Crippen molar-refractivity contribution in [1.82, 2.24) is 4.90 Å². The highest BCUT2D eigenvalue weighted by molar-refractivity contribution is 7.12. The molecular weight excluding hydrogens is 314 g/mol. The third kappa shape index (κ3) is 5.62. The van der Waals surface area contributed by atoms with E-state index < -0.39 is 5.60 Å². The second-order valence-corrected chi connectivity index (χ2v) is 7.69. The molecule has 1 atom stereocenters. The quantitative estimate of drug-likeness (QED) is 0.767. The number of ether oxygens (including phenoxy) is 2. The molecule has 0 unspecified atom stereocenters. The minimum Gasteiger partial charge on any atom is -0.444 e. The molecule has 0 radical (unpaired) electrons. The fourth-order valence-electron chi connectivity index (χ4n) is 2.53. The average molecular weight is 339 g/mol. The van der Waals surface area contributed by atoms with Crippen LogP contribution in [0.15, 0.2) is 17.5 Å². The summed E-state index contributed by atoms with van der Waals surface area (Å²) in [4.78, 5) is 26.7. The van der Waals surface area contributed by atoms with Crippen molar-refractivity contribution in [3.05, 3.63) is 22.4 Å². The largest absolute Gasteiger partial charge is 0.444 e. The van der Waals surface area contributed by atoms with E-state index in [2.05, 4.69) is 0 Å². The van der Waals surface area contributed by atoms with E-state index in [9.17, 15) is 9.59 Å². The Morgan fingerprint density at radius 1 is 1.35 bits per heavy atom. The first-order chi connectivity index (χ1) is 10.9. The van der Waals surface area contributed by atoms with Crippen LogP contribution in [0.5, 0.6) is 0 Å². The fraction of sp³-hybridized carbons (Fsp3) is 0.647. The molecule has 1 aliphatic rings. The van der Waals surface area contributed by atoms with Gasteiger partial charge in [0.05, 0.1) is 17.5 Å². The van der Waals surface area contributed by atoms with Gasteiger partial charge in [0.25, 0.3) is 0 Å². The summed E-state index contributed by atoms with van der Waals surface area (Å²) in [5.41, 5.74) is -0.505. The maximum absolute atomic E-state index is 12.3. The highest BCUT2D eigenvalue weighted by atomic mass is 32.1. The molecule has 1 fully saturated rings. The molecule has 1 aromatic heterocycles. The Bertz CT molecular complexity index is 521. The Morgan fingerprint density at radius 2 is 2.13 bits per heavy atom. The molecule has 0 aliphatic carbocycles. The number of rotatable bonds is 5. The smallest absolute Gasteiger partial charge is 0.410 e. The number of likely N-dealkylation sites (tertiary alicyclic amines) is 1. The van der Waals surface area contributed by atoms with E-state index >= 15 is 0 Å². The first-order valence-corrected chi connectivity index (χ1v) is 8.89. The van der Waals surface area contributed by atoms with Crippen LogP contribution in [0.2, 0.25) is 0 Å². The van der Waals surface area contributed by atoms with Gasteiger partial charge in [0.15, 0.2) is 5.78 Å². The van der Waals surface area contributed by atoms with E-state index in [0.29, 0.717) is 18.0 Å². The monoisotopic (exact) mass is 339 g/mol. The standard InChI is InChI=1S/C17H25NO4S/c1-17(2,3)22-16(20)18-9-5-4-7-13(18)11-21-12-14(19)15-8-6-10-23-15/h6,8,10,13H,4-5,7,9,11-12H2,1-3H3/t13-/m0/s1. The number of ketones is 1. The summed E-state index contributed by atoms with van der Waals surface area (Å²) in [6, 6.07) is 3.63. The molecule has 1 aromatic rings. The van der Waals surface area contributed by atoms with Crippen molar-refractivity contribution in [3.8, 4) is 0 Å². The van der Waals surface area contributed by atoms with E-state index in [1.165, 1.54) is 11.3 Å². The molecule has 5 nitrogen and oxygen atoms in total. The molecule has 1 aliphatic heterocycles. The van der Waals surface area contributed by atoms with Crippen molar-refractivity contribution in [2.75, 3.05) is 19.8 Å². The van der Waals surface area contributed by atoms with E-state index in [-0.39, 0.29) is 24.5 Å². The number of amides is 1. The van der Waals surface area contributed by atoms with Gasteiger partial charge in [-0.05, 0) is 51.5 Å². The first-order valence-electron chi connectivity index (χ1n) is 8.01. The summed E-state index contributed by atoms with van der Waals surface area (Å²) in [5.74, 6) is -0.0142. The molecule has 1 amide bonds. The highest BCUT2D eigenvalue weighted by Crippen LogP contribution is 2.21. The van der Waals surface area contributed by atoms with E-state index in [4.69, 9.17) is 9.47 Å². The van der Waals surface area contributed by atoms with Gasteiger partial charge in [0.2, 0.25) is 0 Å². The second-order valence-electron chi connectivity index (χ2n) is 6.74. The third-order valence-electron chi connectivity index (χ3n) is 3.59. The van der Waals surface area contributed by atoms with Crippen molar-refractivity contribution in [2.45, 2.75) is 51.7 Å². The Kier molecular flexibility index (Phi) is 6.18. The molecule has 128 valence electrons. The van der Waals surface area contributed by atoms with Gasteiger partial charge >= 0.3 is 6.09 Å². The van der Waals surface area contributed by atoms with Crippen LogP contribution in [-0.4, -0.2) is 48.2 Å². The van der Waals surface area contributed by atoms with Crippen molar-refractivity contribution < 1.29 is 19.1 Å². The SMILES string of the molecule is CC(C)(C)OC(=O)N1CCCC[C@H]1COCC(=O)c1cccs1. The lowest BCUT2D eigenvalue weighted by Gasteiger charge is -2.36. The number of nitrogens with zero attached hydrogens (tertiary/aromatic N) is 1. The second kappa shape index (κ2) is 7.93. The zero-order valence-corrected chi connectivity index (χ0v) is 14.9. The van der Waals surface area contributed by atoms with Crippen LogP contribution in [-0.2, 0) is 9.47 Å². The fourth-order valence-corrected chi connectivity index (χ4v) is 3.18. The lowest BCUT2D eigenvalue weighted by molar-refractivity contribution is -0.00619. The summed E-state index contributed by atoms with van der Waals surface area (Å²) in [7, 11) is 0. The van der Waals surface area contributed by atoms with Crippen molar-refractivity contribution >= 4 is 23.2 Å². The molecule has 6 heteroatoms. The highest BCUT2D eigenvalue weighted by Gasteiger charge is 2.30. The van der Waals surface area contributed by atoms with Crippen LogP contribution in [0.25, 0.3) is 0 Å². The van der Waals surface area contributed by atoms with Crippen LogP contribution >= 0.6 is 11.3 Å². The van der Waals surface area contributed by atoms with Crippen molar-refractivity contribution in [3.63, 3.8) is 0 Å². The molecule has 2 rings (SSSR count). The molecule has 0 spiro atoms. The number of carbonyl (C=O) groups is 2. The Hall–Kier alpha value is -1.40. The van der Waals surface area contributed by atoms with E-state index in [1.807, 2.05) is 32.2 Å². The molecule has 0 aromatic carbocycles. The van der Waals surface area contributed by atoms with Crippen LogP contribution in [0.3, 0.4) is 0 Å². The number of thiophene rings is 1. The zero-order valence-electron chi connectivity index (χ0n) is 14.0. The normalized spacial score (nSPS) is 18.7. The van der Waals surface area contributed by atoms with E-state index in [1.54, 1.807) is 11.0 Å². The minimum atomic E-state index is -0.505. The molecule has 1 saturated heterocycles. The number of hydrogen-bond donors (Lipinski definition) is 0. The zero-order chi connectivity index (χ0) is 16.9. The van der Waals surface area contributed by atoms with Gasteiger partial charge < -0.3 is 14.4 Å². The molecule has 0 saturated carbocycles. The number of piperidine rings is 1. The summed E-state index contributed by atoms with van der Waals surface area (Å²) < 4.78 is 11.0. The van der Waals surface area contributed by atoms with Crippen LogP contribution < -0.4 is 0 Å². The van der Waals surface area contributed by atoms with Gasteiger partial charge in [0.1, 0.15) is 12.2 Å². The lowest BCUT2D eigenvalue weighted by atomic mass is 10.0. The van der Waals surface area contributed by atoms with Gasteiger partial charge in [0, 0.05) is 6.54 Å². The van der Waals surface area contributed by atoms with Gasteiger partial charge in [-0.25, -0.2) is 4.79 Å². The summed E-state index contributed by atoms with van der Waals surface area (Å²) in [6.45, 7) is 6.69. The van der Waals surface area contributed by atoms with Crippen LogP contribution in [0.1, 0.15) is 49.7 Å². The van der Waals surface area contributed by atoms with Gasteiger partial charge in [-0.1, -0.05) is 6.07 Å². The molecule has 2 heterocycles. The van der Waals surface area contributed by atoms with Crippen LogP contribution in [0, 0.1) is 0 Å². The minimum absolute atomic E-state index is 0.0142. The lowest BCUT2D eigenvalue weighted by Crippen LogP contribution is -2.48. The van der Waals surface area contributed by atoms with Crippen molar-refractivity contribution in [1.29, 1.82) is 0 Å². The maximum Gasteiger partial charge on any atom is 0.410 e. The molecule has 0 N–H and O–H groups in total. The summed E-state index contributed by atoms with van der Waals surface area (Å²) in [5, 5.41) is 1.87. The Morgan fingerprint density at radius 3 is 2.78 bits per heavy atom. The predicted molar refractivity (Wildman–Crippen MR) is 90.0 cm³/mol. The molecule has 0 bridgehead atoms. The Balaban J connectivity index is 1.84. The third-order valence-corrected chi connectivity index (χ3v) is 4.51. The van der Waals surface area contributed by atoms with E-state index in [0.717, 1.165) is 19.3 Å². The van der Waals surface area contributed by atoms with Gasteiger partial charge in [-0.15, -0.1) is 11.3 Å². The number of hydrogen-bond acceptors (Lipinski definition) is 5. The summed E-state index contributed by atoms with van der Waals surface area (Å²) in [6.07, 6.45) is 2.62. The van der Waals surface area contributed by atoms with Crippen LogP contribution in [0.4, 0.5) is 4.79 Å². The number of Topliss-reactive ketones (excluding diaryl/α,β-unsaturated/α-hetero) is 1. The maximum atomic E-state index is 12.3. The number of carbonyl (C=O) groups excluding carboxylic acids is 2. The van der Waals surface area contributed by atoms with Gasteiger partial charge in [-0.3, -0.25) is 4.79 Å². The van der Waals surface area contributed by atoms with Crippen molar-refractivity contribution in [2.24, 2.45) is 0 Å². The molecular formula is C17H25NO4S. The topological polar surface area (TPSA) is 55.8 Å². The van der Waals surface area contributed by atoms with Gasteiger partial charge in [-0.2, -0.15) is 0 Å².